The normalized spacial score (nSPS) is 15.0. The lowest BCUT2D eigenvalue weighted by Gasteiger charge is -2.36. The van der Waals surface area contributed by atoms with Crippen LogP contribution in [0.3, 0.4) is 0 Å². The van der Waals surface area contributed by atoms with Gasteiger partial charge in [0.05, 0.1) is 0 Å². The predicted molar refractivity (Wildman–Crippen MR) is 91.8 cm³/mol. The first-order valence-corrected chi connectivity index (χ1v) is 8.27. The second-order valence-corrected chi connectivity index (χ2v) is 6.20. The van der Waals surface area contributed by atoms with E-state index in [9.17, 15) is 4.79 Å². The molecule has 2 aromatic rings. The first-order valence-electron chi connectivity index (χ1n) is 7.89. The number of rotatable bonds is 4. The molecule has 0 N–H and O–H groups in total. The Balaban J connectivity index is 1.50. The van der Waals surface area contributed by atoms with E-state index in [0.29, 0.717) is 13.0 Å². The average molecular weight is 333 g/mol. The SMILES string of the molecule is Cc1nccn1CCC(=O)N1CCN(c2cccc(Cl)c2)CC1. The van der Waals surface area contributed by atoms with Gasteiger partial charge in [-0.1, -0.05) is 17.7 Å². The number of amides is 1. The molecule has 0 saturated carbocycles. The molecule has 0 unspecified atom stereocenters. The molecule has 1 saturated heterocycles. The van der Waals surface area contributed by atoms with Crippen molar-refractivity contribution in [1.82, 2.24) is 14.5 Å². The first-order chi connectivity index (χ1) is 11.1. The molecule has 1 aliphatic rings. The number of aromatic nitrogens is 2. The maximum atomic E-state index is 12.4. The summed E-state index contributed by atoms with van der Waals surface area (Å²) in [4.78, 5) is 20.8. The Morgan fingerprint density at radius 2 is 2.04 bits per heavy atom. The highest BCUT2D eigenvalue weighted by Gasteiger charge is 2.21. The maximum absolute atomic E-state index is 12.4. The molecule has 2 heterocycles. The molecule has 1 amide bonds. The molecule has 5 nitrogen and oxygen atoms in total. The molecule has 0 spiro atoms. The number of piperazine rings is 1. The number of nitrogens with zero attached hydrogens (tertiary/aromatic N) is 4. The maximum Gasteiger partial charge on any atom is 0.224 e. The molecule has 6 heteroatoms. The molecule has 0 atom stereocenters. The van der Waals surface area contributed by atoms with E-state index in [0.717, 1.165) is 42.7 Å². The molecular weight excluding hydrogens is 312 g/mol. The molecule has 0 aliphatic carbocycles. The number of carbonyl (C=O) groups is 1. The highest BCUT2D eigenvalue weighted by atomic mass is 35.5. The number of hydrogen-bond acceptors (Lipinski definition) is 3. The summed E-state index contributed by atoms with van der Waals surface area (Å²) in [5.74, 6) is 1.16. The van der Waals surface area contributed by atoms with Crippen molar-refractivity contribution < 1.29 is 4.79 Å². The van der Waals surface area contributed by atoms with Gasteiger partial charge >= 0.3 is 0 Å². The Kier molecular flexibility index (Phi) is 4.86. The fourth-order valence-corrected chi connectivity index (χ4v) is 3.09. The summed E-state index contributed by atoms with van der Waals surface area (Å²) in [6.07, 6.45) is 4.21. The standard InChI is InChI=1S/C17H21ClN4O/c1-14-19-6-8-20(14)7-5-17(23)22-11-9-21(10-12-22)16-4-2-3-15(18)13-16/h2-4,6,8,13H,5,7,9-12H2,1H3. The van der Waals surface area contributed by atoms with Gasteiger partial charge in [-0.2, -0.15) is 0 Å². The minimum absolute atomic E-state index is 0.212. The van der Waals surface area contributed by atoms with Crippen molar-refractivity contribution in [3.05, 3.63) is 47.5 Å². The predicted octanol–water partition coefficient (Wildman–Crippen LogP) is 2.58. The van der Waals surface area contributed by atoms with E-state index >= 15 is 0 Å². The van der Waals surface area contributed by atoms with Gasteiger partial charge in [-0.3, -0.25) is 4.79 Å². The molecule has 122 valence electrons. The number of imidazole rings is 1. The number of benzene rings is 1. The Labute approximate surface area is 141 Å². The molecule has 0 bridgehead atoms. The van der Waals surface area contributed by atoms with Crippen LogP contribution < -0.4 is 4.90 Å². The van der Waals surface area contributed by atoms with Gasteiger partial charge in [-0.25, -0.2) is 4.98 Å². The molecule has 1 aromatic carbocycles. The summed E-state index contributed by atoms with van der Waals surface area (Å²) < 4.78 is 2.01. The van der Waals surface area contributed by atoms with Crippen molar-refractivity contribution in [1.29, 1.82) is 0 Å². The fourth-order valence-electron chi connectivity index (χ4n) is 2.90. The molecule has 1 fully saturated rings. The summed E-state index contributed by atoms with van der Waals surface area (Å²) >= 11 is 6.05. The third-order valence-corrected chi connectivity index (χ3v) is 4.53. The number of aryl methyl sites for hydroxylation is 2. The summed E-state index contributed by atoms with van der Waals surface area (Å²) in [5, 5.41) is 0.747. The van der Waals surface area contributed by atoms with Crippen LogP contribution in [0.25, 0.3) is 0 Å². The third kappa shape index (κ3) is 3.85. The smallest absolute Gasteiger partial charge is 0.224 e. The van der Waals surface area contributed by atoms with Crippen molar-refractivity contribution in [2.45, 2.75) is 19.9 Å². The zero-order valence-electron chi connectivity index (χ0n) is 13.3. The van der Waals surface area contributed by atoms with Crippen molar-refractivity contribution in [2.75, 3.05) is 31.1 Å². The second-order valence-electron chi connectivity index (χ2n) is 5.77. The van der Waals surface area contributed by atoms with Gasteiger partial charge in [0, 0.05) is 62.2 Å². The van der Waals surface area contributed by atoms with Crippen LogP contribution in [0.1, 0.15) is 12.2 Å². The van der Waals surface area contributed by atoms with Crippen LogP contribution >= 0.6 is 11.6 Å². The summed E-state index contributed by atoms with van der Waals surface area (Å²) in [7, 11) is 0. The van der Waals surface area contributed by atoms with Crippen molar-refractivity contribution in [3.63, 3.8) is 0 Å². The number of hydrogen-bond donors (Lipinski definition) is 0. The van der Waals surface area contributed by atoms with E-state index in [2.05, 4.69) is 16.0 Å². The van der Waals surface area contributed by atoms with Crippen LogP contribution in [0, 0.1) is 6.92 Å². The molecule has 1 aromatic heterocycles. The van der Waals surface area contributed by atoms with Crippen molar-refractivity contribution in [3.8, 4) is 0 Å². The summed E-state index contributed by atoms with van der Waals surface area (Å²) in [5.41, 5.74) is 1.12. The van der Waals surface area contributed by atoms with Gasteiger partial charge < -0.3 is 14.4 Å². The van der Waals surface area contributed by atoms with Crippen LogP contribution in [0.2, 0.25) is 5.02 Å². The van der Waals surface area contributed by atoms with E-state index in [1.165, 1.54) is 0 Å². The van der Waals surface area contributed by atoms with Gasteiger partial charge in [0.2, 0.25) is 5.91 Å². The van der Waals surface area contributed by atoms with E-state index in [1.807, 2.05) is 40.8 Å². The van der Waals surface area contributed by atoms with Crippen molar-refractivity contribution >= 4 is 23.2 Å². The second kappa shape index (κ2) is 7.04. The minimum atomic E-state index is 0.212. The molecule has 3 rings (SSSR count). The molecular formula is C17H21ClN4O. The van der Waals surface area contributed by atoms with Crippen LogP contribution in [-0.4, -0.2) is 46.5 Å². The van der Waals surface area contributed by atoms with Crippen molar-refractivity contribution in [2.24, 2.45) is 0 Å². The Morgan fingerprint density at radius 3 is 2.70 bits per heavy atom. The van der Waals surface area contributed by atoms with Crippen LogP contribution in [0.5, 0.6) is 0 Å². The summed E-state index contributed by atoms with van der Waals surface area (Å²) in [6.45, 7) is 5.85. The largest absolute Gasteiger partial charge is 0.368 e. The van der Waals surface area contributed by atoms with Crippen LogP contribution in [0.15, 0.2) is 36.7 Å². The lowest BCUT2D eigenvalue weighted by molar-refractivity contribution is -0.131. The number of anilines is 1. The monoisotopic (exact) mass is 332 g/mol. The lowest BCUT2D eigenvalue weighted by Crippen LogP contribution is -2.49. The third-order valence-electron chi connectivity index (χ3n) is 4.30. The van der Waals surface area contributed by atoms with E-state index in [-0.39, 0.29) is 5.91 Å². The average Bonchev–Trinajstić information content (AvgIpc) is 2.98. The van der Waals surface area contributed by atoms with Gasteiger partial charge in [-0.05, 0) is 25.1 Å². The van der Waals surface area contributed by atoms with Crippen LogP contribution in [0.4, 0.5) is 5.69 Å². The van der Waals surface area contributed by atoms with E-state index in [1.54, 1.807) is 6.20 Å². The Morgan fingerprint density at radius 1 is 1.26 bits per heavy atom. The summed E-state index contributed by atoms with van der Waals surface area (Å²) in [6, 6.07) is 7.87. The lowest BCUT2D eigenvalue weighted by atomic mass is 10.2. The van der Waals surface area contributed by atoms with Gasteiger partial charge in [0.25, 0.3) is 0 Å². The van der Waals surface area contributed by atoms with Crippen LogP contribution in [-0.2, 0) is 11.3 Å². The molecule has 1 aliphatic heterocycles. The first kappa shape index (κ1) is 15.9. The quantitative estimate of drug-likeness (QED) is 0.864. The van der Waals surface area contributed by atoms with Gasteiger partial charge in [0.15, 0.2) is 0 Å². The minimum Gasteiger partial charge on any atom is -0.368 e. The van der Waals surface area contributed by atoms with E-state index < -0.39 is 0 Å². The Hall–Kier alpha value is -2.01. The van der Waals surface area contributed by atoms with E-state index in [4.69, 9.17) is 11.6 Å². The highest BCUT2D eigenvalue weighted by molar-refractivity contribution is 6.30. The number of carbonyl (C=O) groups excluding carboxylic acids is 1. The topological polar surface area (TPSA) is 41.4 Å². The fraction of sp³-hybridized carbons (Fsp3) is 0.412. The Bertz CT molecular complexity index is 677. The zero-order chi connectivity index (χ0) is 16.2. The van der Waals surface area contributed by atoms with Gasteiger partial charge in [0.1, 0.15) is 5.82 Å². The number of halogens is 1. The molecule has 0 radical (unpaired) electrons. The molecule has 23 heavy (non-hydrogen) atoms. The zero-order valence-corrected chi connectivity index (χ0v) is 14.0. The highest BCUT2D eigenvalue weighted by Crippen LogP contribution is 2.21. The van der Waals surface area contributed by atoms with Gasteiger partial charge in [-0.15, -0.1) is 0 Å².